The maximum atomic E-state index is 11.3. The van der Waals surface area contributed by atoms with E-state index in [2.05, 4.69) is 28.3 Å². The Labute approximate surface area is 187 Å². The highest BCUT2D eigenvalue weighted by molar-refractivity contribution is 5.70. The Morgan fingerprint density at radius 2 is 2.06 bits per heavy atom. The zero-order chi connectivity index (χ0) is 22.5. The number of aromatic nitrogens is 5. The molecule has 1 aliphatic carbocycles. The van der Waals surface area contributed by atoms with Crippen LogP contribution in [0.3, 0.4) is 0 Å². The van der Waals surface area contributed by atoms with E-state index in [1.807, 2.05) is 31.3 Å². The van der Waals surface area contributed by atoms with Crippen molar-refractivity contribution in [3.63, 3.8) is 0 Å². The van der Waals surface area contributed by atoms with Gasteiger partial charge in [0.2, 0.25) is 0 Å². The molecule has 1 N–H and O–H groups in total. The number of hydrogen-bond acceptors (Lipinski definition) is 6. The number of aliphatic carboxylic acids is 1. The van der Waals surface area contributed by atoms with Crippen molar-refractivity contribution < 1.29 is 14.6 Å². The second-order valence-electron chi connectivity index (χ2n) is 8.38. The standard InChI is InChI=1S/C24H29N5O3/c1-3-6-17-8-5-9-18(26-17)14-22-23(27-28-29(22)2)21-12-11-20(15-25-21)32-19-10-4-7-16(13-19)24(30)31/h5,8-9,11-12,15-16,19H,3-4,6-7,10,13-14H2,1-2H3,(H,30,31)/t16-,19-/m0/s1. The van der Waals surface area contributed by atoms with Gasteiger partial charge in [-0.25, -0.2) is 0 Å². The molecule has 1 fully saturated rings. The van der Waals surface area contributed by atoms with Gasteiger partial charge < -0.3 is 9.84 Å². The molecule has 3 aromatic rings. The predicted octanol–water partition coefficient (Wildman–Crippen LogP) is 3.84. The maximum absolute atomic E-state index is 11.3. The van der Waals surface area contributed by atoms with Crippen LogP contribution in [0.5, 0.6) is 5.75 Å². The normalized spacial score (nSPS) is 18.4. The molecule has 8 heteroatoms. The van der Waals surface area contributed by atoms with Crippen LogP contribution < -0.4 is 4.74 Å². The van der Waals surface area contributed by atoms with Crippen molar-refractivity contribution in [2.75, 3.05) is 0 Å². The topological polar surface area (TPSA) is 103 Å². The second-order valence-corrected chi connectivity index (χ2v) is 8.38. The Bertz CT molecular complexity index is 1060. The molecule has 0 amide bonds. The summed E-state index contributed by atoms with van der Waals surface area (Å²) in [7, 11) is 1.88. The minimum absolute atomic E-state index is 0.0916. The van der Waals surface area contributed by atoms with Crippen molar-refractivity contribution in [3.05, 3.63) is 53.6 Å². The van der Waals surface area contributed by atoms with E-state index < -0.39 is 5.97 Å². The number of rotatable bonds is 8. The molecule has 0 bridgehead atoms. The van der Waals surface area contributed by atoms with Crippen LogP contribution in [0.25, 0.3) is 11.4 Å². The van der Waals surface area contributed by atoms with Crippen molar-refractivity contribution in [2.45, 2.75) is 58.0 Å². The van der Waals surface area contributed by atoms with Crippen LogP contribution in [-0.2, 0) is 24.7 Å². The van der Waals surface area contributed by atoms with E-state index in [1.165, 1.54) is 0 Å². The highest BCUT2D eigenvalue weighted by Gasteiger charge is 2.28. The van der Waals surface area contributed by atoms with Gasteiger partial charge in [-0.3, -0.25) is 19.4 Å². The molecule has 1 aliphatic rings. The summed E-state index contributed by atoms with van der Waals surface area (Å²) >= 11 is 0. The van der Waals surface area contributed by atoms with E-state index in [0.29, 0.717) is 18.6 Å². The molecule has 0 radical (unpaired) electrons. The highest BCUT2D eigenvalue weighted by Crippen LogP contribution is 2.29. The molecule has 0 saturated heterocycles. The van der Waals surface area contributed by atoms with Gasteiger partial charge in [0.05, 0.1) is 29.6 Å². The average Bonchev–Trinajstić information content (AvgIpc) is 3.15. The van der Waals surface area contributed by atoms with E-state index >= 15 is 0 Å². The van der Waals surface area contributed by atoms with Crippen molar-refractivity contribution in [1.82, 2.24) is 25.0 Å². The lowest BCUT2D eigenvalue weighted by atomic mass is 9.87. The fraction of sp³-hybridized carbons (Fsp3) is 0.458. The quantitative estimate of drug-likeness (QED) is 0.573. The Hall–Kier alpha value is -3.29. The van der Waals surface area contributed by atoms with Crippen molar-refractivity contribution in [2.24, 2.45) is 13.0 Å². The molecule has 4 rings (SSSR count). The van der Waals surface area contributed by atoms with Crippen LogP contribution in [0, 0.1) is 5.92 Å². The van der Waals surface area contributed by atoms with Gasteiger partial charge in [0, 0.05) is 24.9 Å². The first-order valence-corrected chi connectivity index (χ1v) is 11.2. The number of pyridine rings is 2. The molecular formula is C24H29N5O3. The molecule has 8 nitrogen and oxygen atoms in total. The maximum Gasteiger partial charge on any atom is 0.306 e. The molecular weight excluding hydrogens is 406 g/mol. The van der Waals surface area contributed by atoms with Gasteiger partial charge in [0.1, 0.15) is 11.4 Å². The summed E-state index contributed by atoms with van der Waals surface area (Å²) in [4.78, 5) is 20.6. The lowest BCUT2D eigenvalue weighted by Gasteiger charge is -2.27. The van der Waals surface area contributed by atoms with Crippen LogP contribution in [0.4, 0.5) is 0 Å². The van der Waals surface area contributed by atoms with Gasteiger partial charge in [-0.1, -0.05) is 24.6 Å². The molecule has 168 valence electrons. The van der Waals surface area contributed by atoms with Gasteiger partial charge >= 0.3 is 5.97 Å². The minimum atomic E-state index is -0.739. The second kappa shape index (κ2) is 9.89. The molecule has 0 spiro atoms. The summed E-state index contributed by atoms with van der Waals surface area (Å²) in [6, 6.07) is 9.86. The average molecular weight is 436 g/mol. The molecule has 3 aromatic heterocycles. The summed E-state index contributed by atoms with van der Waals surface area (Å²) < 4.78 is 7.78. The van der Waals surface area contributed by atoms with Crippen molar-refractivity contribution in [1.29, 1.82) is 0 Å². The zero-order valence-electron chi connectivity index (χ0n) is 18.6. The predicted molar refractivity (Wildman–Crippen MR) is 119 cm³/mol. The van der Waals surface area contributed by atoms with Crippen LogP contribution in [0.15, 0.2) is 36.5 Å². The Kier molecular flexibility index (Phi) is 6.78. The van der Waals surface area contributed by atoms with Crippen LogP contribution in [-0.4, -0.2) is 42.1 Å². The van der Waals surface area contributed by atoms with Crippen LogP contribution in [0.1, 0.15) is 56.1 Å². The fourth-order valence-electron chi connectivity index (χ4n) is 4.23. The largest absolute Gasteiger partial charge is 0.489 e. The molecule has 3 heterocycles. The van der Waals surface area contributed by atoms with Gasteiger partial charge in [0.15, 0.2) is 0 Å². The minimum Gasteiger partial charge on any atom is -0.489 e. The molecule has 32 heavy (non-hydrogen) atoms. The number of aryl methyl sites for hydroxylation is 2. The highest BCUT2D eigenvalue weighted by atomic mass is 16.5. The number of carbonyl (C=O) groups is 1. The molecule has 1 saturated carbocycles. The van der Waals surface area contributed by atoms with Crippen LogP contribution in [0.2, 0.25) is 0 Å². The van der Waals surface area contributed by atoms with E-state index in [1.54, 1.807) is 10.9 Å². The summed E-state index contributed by atoms with van der Waals surface area (Å²) in [5, 5.41) is 17.8. The molecule has 2 atom stereocenters. The smallest absolute Gasteiger partial charge is 0.306 e. The van der Waals surface area contributed by atoms with Gasteiger partial charge in [-0.15, -0.1) is 5.10 Å². The van der Waals surface area contributed by atoms with Gasteiger partial charge in [-0.05, 0) is 56.4 Å². The molecule has 0 unspecified atom stereocenters. The van der Waals surface area contributed by atoms with E-state index in [4.69, 9.17) is 9.72 Å². The van der Waals surface area contributed by atoms with Gasteiger partial charge in [-0.2, -0.15) is 0 Å². The third-order valence-electron chi connectivity index (χ3n) is 5.92. The monoisotopic (exact) mass is 435 g/mol. The number of hydrogen-bond donors (Lipinski definition) is 1. The third kappa shape index (κ3) is 5.12. The summed E-state index contributed by atoms with van der Waals surface area (Å²) in [5.41, 5.74) is 4.47. The van der Waals surface area contributed by atoms with E-state index in [9.17, 15) is 9.90 Å². The molecule has 0 aliphatic heterocycles. The summed E-state index contributed by atoms with van der Waals surface area (Å²) in [5.74, 6) is -0.423. The van der Waals surface area contributed by atoms with Crippen molar-refractivity contribution in [3.8, 4) is 17.1 Å². The van der Waals surface area contributed by atoms with E-state index in [-0.39, 0.29) is 12.0 Å². The molecule has 0 aromatic carbocycles. The number of ether oxygens (including phenoxy) is 1. The first-order valence-electron chi connectivity index (χ1n) is 11.2. The van der Waals surface area contributed by atoms with Gasteiger partial charge in [0.25, 0.3) is 0 Å². The Morgan fingerprint density at radius 1 is 1.22 bits per heavy atom. The lowest BCUT2D eigenvalue weighted by Crippen LogP contribution is -2.29. The van der Waals surface area contributed by atoms with Crippen LogP contribution >= 0.6 is 0 Å². The SMILES string of the molecule is CCCc1cccc(Cc2c(-c3ccc(O[C@H]4CCC[C@H](C(=O)O)C4)cn3)nnn2C)n1. The Morgan fingerprint density at radius 3 is 2.81 bits per heavy atom. The summed E-state index contributed by atoms with van der Waals surface area (Å²) in [6.07, 6.45) is 7.21. The van der Waals surface area contributed by atoms with Crippen molar-refractivity contribution >= 4 is 5.97 Å². The fourth-order valence-corrected chi connectivity index (χ4v) is 4.23. The first kappa shape index (κ1) is 21.9. The first-order chi connectivity index (χ1) is 15.5. The number of carboxylic acids is 1. The number of carboxylic acid groups (broad SMARTS) is 1. The Balaban J connectivity index is 1.48. The summed E-state index contributed by atoms with van der Waals surface area (Å²) in [6.45, 7) is 2.15. The van der Waals surface area contributed by atoms with E-state index in [0.717, 1.165) is 60.6 Å². The number of nitrogens with zero attached hydrogens (tertiary/aromatic N) is 5. The zero-order valence-corrected chi connectivity index (χ0v) is 18.6. The lowest BCUT2D eigenvalue weighted by molar-refractivity contribution is -0.143. The third-order valence-corrected chi connectivity index (χ3v) is 5.92.